The molecule has 1 heterocycles. The molecule has 1 fully saturated rings. The minimum Gasteiger partial charge on any atom is -0.497 e. The Morgan fingerprint density at radius 1 is 1.04 bits per heavy atom. The van der Waals surface area contributed by atoms with Crippen LogP contribution in [0.4, 0.5) is 5.69 Å². The third-order valence-electron chi connectivity index (χ3n) is 3.69. The molecule has 0 unspecified atom stereocenters. The van der Waals surface area contributed by atoms with E-state index in [-0.39, 0.29) is 6.54 Å². The van der Waals surface area contributed by atoms with E-state index in [4.69, 9.17) is 9.47 Å². The molecule has 1 N–H and O–H groups in total. The summed E-state index contributed by atoms with van der Waals surface area (Å²) in [6.45, 7) is -0.239. The molecule has 2 aromatic rings. The Morgan fingerprint density at radius 2 is 1.75 bits per heavy atom. The second-order valence-electron chi connectivity index (χ2n) is 5.15. The number of rotatable bonds is 4. The summed E-state index contributed by atoms with van der Waals surface area (Å²) in [6.07, 6.45) is 0. The third-order valence-corrected chi connectivity index (χ3v) is 5.10. The van der Waals surface area contributed by atoms with E-state index in [9.17, 15) is 13.2 Å². The summed E-state index contributed by atoms with van der Waals surface area (Å²) in [5, 5.41) is 0. The van der Waals surface area contributed by atoms with Crippen LogP contribution in [0.25, 0.3) is 11.1 Å². The number of anilines is 1. The minimum absolute atomic E-state index is 0.239. The van der Waals surface area contributed by atoms with Crippen LogP contribution in [0.3, 0.4) is 0 Å². The smallest absolute Gasteiger partial charge is 0.326 e. The molecular formula is C16H16N2O5S. The van der Waals surface area contributed by atoms with Gasteiger partial charge in [0.25, 0.3) is 5.91 Å². The van der Waals surface area contributed by atoms with Gasteiger partial charge in [0.15, 0.2) is 0 Å². The number of nitrogens with zero attached hydrogens (tertiary/aromatic N) is 1. The summed E-state index contributed by atoms with van der Waals surface area (Å²) >= 11 is 0. The molecule has 0 spiro atoms. The van der Waals surface area contributed by atoms with Crippen LogP contribution in [0.1, 0.15) is 0 Å². The highest BCUT2D eigenvalue weighted by Gasteiger charge is 2.34. The third kappa shape index (κ3) is 2.88. The molecule has 1 amide bonds. The number of amides is 1. The zero-order valence-corrected chi connectivity index (χ0v) is 14.0. The Hall–Kier alpha value is -2.74. The molecule has 1 aliphatic rings. The predicted octanol–water partition coefficient (Wildman–Crippen LogP) is 1.55. The van der Waals surface area contributed by atoms with Gasteiger partial charge in [-0.15, -0.1) is 0 Å². The van der Waals surface area contributed by atoms with Crippen molar-refractivity contribution in [1.82, 2.24) is 4.72 Å². The van der Waals surface area contributed by atoms with Gasteiger partial charge < -0.3 is 9.47 Å². The van der Waals surface area contributed by atoms with Crippen LogP contribution >= 0.6 is 0 Å². The number of methoxy groups -OCH3 is 2. The number of carbonyl (C=O) groups excluding carboxylic acids is 1. The van der Waals surface area contributed by atoms with E-state index in [1.54, 1.807) is 44.6 Å². The Balaban J connectivity index is 2.07. The molecule has 1 saturated heterocycles. The molecule has 2 aromatic carbocycles. The molecule has 8 heteroatoms. The van der Waals surface area contributed by atoms with E-state index in [2.05, 4.69) is 0 Å². The van der Waals surface area contributed by atoms with Crippen molar-refractivity contribution in [2.75, 3.05) is 25.1 Å². The van der Waals surface area contributed by atoms with Gasteiger partial charge in [0.05, 0.1) is 19.9 Å². The molecule has 0 bridgehead atoms. The SMILES string of the molecule is COc1ccc(-c2cc(N3CC(=O)NS3(=O)=O)ccc2OC)cc1. The van der Waals surface area contributed by atoms with Crippen molar-refractivity contribution >= 4 is 21.8 Å². The van der Waals surface area contributed by atoms with Crippen molar-refractivity contribution in [2.45, 2.75) is 0 Å². The lowest BCUT2D eigenvalue weighted by Crippen LogP contribution is -2.29. The molecule has 3 rings (SSSR count). The summed E-state index contributed by atoms with van der Waals surface area (Å²) in [6, 6.07) is 12.3. The second-order valence-corrected chi connectivity index (χ2v) is 6.75. The number of hydrogen-bond acceptors (Lipinski definition) is 5. The number of benzene rings is 2. The Bertz CT molecular complexity index is 878. The van der Waals surface area contributed by atoms with Gasteiger partial charge in [0, 0.05) is 5.56 Å². The van der Waals surface area contributed by atoms with Gasteiger partial charge >= 0.3 is 10.2 Å². The molecule has 0 aliphatic carbocycles. The zero-order chi connectivity index (χ0) is 17.3. The first kappa shape index (κ1) is 16.1. The number of nitrogens with one attached hydrogen (secondary N) is 1. The average molecular weight is 348 g/mol. The molecule has 0 saturated carbocycles. The lowest BCUT2D eigenvalue weighted by atomic mass is 10.0. The van der Waals surface area contributed by atoms with Crippen molar-refractivity contribution in [3.8, 4) is 22.6 Å². The van der Waals surface area contributed by atoms with E-state index in [0.717, 1.165) is 9.87 Å². The van der Waals surface area contributed by atoms with Gasteiger partial charge in [-0.1, -0.05) is 12.1 Å². The maximum absolute atomic E-state index is 12.0. The van der Waals surface area contributed by atoms with Crippen molar-refractivity contribution in [3.63, 3.8) is 0 Å². The van der Waals surface area contributed by atoms with Crippen molar-refractivity contribution in [1.29, 1.82) is 0 Å². The number of ether oxygens (including phenoxy) is 2. The van der Waals surface area contributed by atoms with Crippen LogP contribution in [0.15, 0.2) is 42.5 Å². The zero-order valence-electron chi connectivity index (χ0n) is 13.1. The van der Waals surface area contributed by atoms with Crippen LogP contribution in [0.2, 0.25) is 0 Å². The van der Waals surface area contributed by atoms with Gasteiger partial charge in [-0.05, 0) is 35.9 Å². The molecule has 0 radical (unpaired) electrons. The highest BCUT2D eigenvalue weighted by atomic mass is 32.2. The van der Waals surface area contributed by atoms with E-state index in [0.29, 0.717) is 22.7 Å². The topological polar surface area (TPSA) is 84.9 Å². The molecule has 0 atom stereocenters. The molecule has 0 aromatic heterocycles. The van der Waals surface area contributed by atoms with Crippen LogP contribution in [-0.4, -0.2) is 35.1 Å². The van der Waals surface area contributed by atoms with Crippen molar-refractivity contribution in [2.24, 2.45) is 0 Å². The first-order valence-corrected chi connectivity index (χ1v) is 8.54. The Labute approximate surface area is 140 Å². The summed E-state index contributed by atoms with van der Waals surface area (Å²) < 4.78 is 37.5. The fourth-order valence-electron chi connectivity index (χ4n) is 2.52. The monoisotopic (exact) mass is 348 g/mol. The molecular weight excluding hydrogens is 332 g/mol. The maximum atomic E-state index is 12.0. The van der Waals surface area contributed by atoms with Crippen LogP contribution in [0.5, 0.6) is 11.5 Å². The largest absolute Gasteiger partial charge is 0.497 e. The molecule has 1 aliphatic heterocycles. The van der Waals surface area contributed by atoms with E-state index in [1.165, 1.54) is 0 Å². The number of hydrogen-bond donors (Lipinski definition) is 1. The summed E-state index contributed by atoms with van der Waals surface area (Å²) in [4.78, 5) is 11.4. The highest BCUT2D eigenvalue weighted by molar-refractivity contribution is 7.92. The fraction of sp³-hybridized carbons (Fsp3) is 0.188. The van der Waals surface area contributed by atoms with Crippen molar-refractivity contribution < 1.29 is 22.7 Å². The van der Waals surface area contributed by atoms with Gasteiger partial charge in [0.1, 0.15) is 18.0 Å². The van der Waals surface area contributed by atoms with Gasteiger partial charge in [-0.3, -0.25) is 4.79 Å². The molecule has 24 heavy (non-hydrogen) atoms. The summed E-state index contributed by atoms with van der Waals surface area (Å²) in [5.74, 6) is 0.752. The first-order chi connectivity index (χ1) is 11.4. The lowest BCUT2D eigenvalue weighted by molar-refractivity contribution is -0.117. The van der Waals surface area contributed by atoms with E-state index >= 15 is 0 Å². The molecule has 7 nitrogen and oxygen atoms in total. The Kier molecular flexibility index (Phi) is 4.06. The predicted molar refractivity (Wildman–Crippen MR) is 89.4 cm³/mol. The van der Waals surface area contributed by atoms with Crippen LogP contribution in [-0.2, 0) is 15.0 Å². The fourth-order valence-corrected chi connectivity index (χ4v) is 3.66. The molecule has 126 valence electrons. The summed E-state index contributed by atoms with van der Waals surface area (Å²) in [7, 11) is -0.722. The van der Waals surface area contributed by atoms with Gasteiger partial charge in [0.2, 0.25) is 0 Å². The van der Waals surface area contributed by atoms with Crippen LogP contribution < -0.4 is 18.5 Å². The second kappa shape index (κ2) is 6.04. The Morgan fingerprint density at radius 3 is 2.29 bits per heavy atom. The van der Waals surface area contributed by atoms with Crippen LogP contribution in [0, 0.1) is 0 Å². The van der Waals surface area contributed by atoms with Gasteiger partial charge in [-0.25, -0.2) is 9.03 Å². The average Bonchev–Trinajstić information content (AvgIpc) is 2.86. The normalized spacial score (nSPS) is 15.9. The van der Waals surface area contributed by atoms with E-state index < -0.39 is 16.1 Å². The van der Waals surface area contributed by atoms with Gasteiger partial charge in [-0.2, -0.15) is 8.42 Å². The summed E-state index contributed by atoms with van der Waals surface area (Å²) in [5.41, 5.74) is 1.94. The highest BCUT2D eigenvalue weighted by Crippen LogP contribution is 2.35. The minimum atomic E-state index is -3.85. The lowest BCUT2D eigenvalue weighted by Gasteiger charge is -2.17. The maximum Gasteiger partial charge on any atom is 0.326 e. The first-order valence-electron chi connectivity index (χ1n) is 7.10. The van der Waals surface area contributed by atoms with Crippen molar-refractivity contribution in [3.05, 3.63) is 42.5 Å². The standard InChI is InChI=1S/C16H16N2O5S/c1-22-13-6-3-11(4-7-13)14-9-12(5-8-15(14)23-2)18-10-16(19)17-24(18,20)21/h3-9H,10H2,1-2H3,(H,17,19). The van der Waals surface area contributed by atoms with E-state index in [1.807, 2.05) is 16.9 Å². The quantitative estimate of drug-likeness (QED) is 0.906. The number of carbonyl (C=O) groups is 1.